The summed E-state index contributed by atoms with van der Waals surface area (Å²) < 4.78 is 0. The smallest absolute Gasteiger partial charge is 0.128 e. The van der Waals surface area contributed by atoms with Gasteiger partial charge in [-0.15, -0.1) is 0 Å². The molecule has 21 heavy (non-hydrogen) atoms. The lowest BCUT2D eigenvalue weighted by Gasteiger charge is -2.36. The predicted molar refractivity (Wildman–Crippen MR) is 87.4 cm³/mol. The Morgan fingerprint density at radius 1 is 1.05 bits per heavy atom. The Labute approximate surface area is 128 Å². The molecule has 0 radical (unpaired) electrons. The van der Waals surface area contributed by atoms with Crippen LogP contribution in [0.25, 0.3) is 0 Å². The SMILES string of the molecule is NC1CCC(CCN2CCN(c3ccccn3)CC2)CC1. The van der Waals surface area contributed by atoms with Gasteiger partial charge in [0.25, 0.3) is 0 Å². The fraction of sp³-hybridized carbons (Fsp3) is 0.706. The maximum atomic E-state index is 5.98. The van der Waals surface area contributed by atoms with Crippen molar-refractivity contribution in [1.82, 2.24) is 9.88 Å². The quantitative estimate of drug-likeness (QED) is 0.922. The first-order valence-corrected chi connectivity index (χ1v) is 8.45. The van der Waals surface area contributed by atoms with Gasteiger partial charge in [0.1, 0.15) is 5.82 Å². The predicted octanol–water partition coefficient (Wildman–Crippen LogP) is 2.11. The van der Waals surface area contributed by atoms with Crippen molar-refractivity contribution in [3.05, 3.63) is 24.4 Å². The van der Waals surface area contributed by atoms with Gasteiger partial charge in [0.05, 0.1) is 0 Å². The molecule has 0 aromatic carbocycles. The number of pyridine rings is 1. The summed E-state index contributed by atoms with van der Waals surface area (Å²) in [6.07, 6.45) is 8.40. The first kappa shape index (κ1) is 14.8. The fourth-order valence-electron chi connectivity index (χ4n) is 3.58. The molecule has 0 unspecified atom stereocenters. The van der Waals surface area contributed by atoms with Crippen molar-refractivity contribution in [2.45, 2.75) is 38.1 Å². The Bertz CT molecular complexity index is 406. The largest absolute Gasteiger partial charge is 0.354 e. The van der Waals surface area contributed by atoms with E-state index in [1.165, 1.54) is 51.7 Å². The zero-order chi connectivity index (χ0) is 14.5. The van der Waals surface area contributed by atoms with Crippen LogP contribution in [0.15, 0.2) is 24.4 Å². The zero-order valence-corrected chi connectivity index (χ0v) is 13.0. The third-order valence-electron chi connectivity index (χ3n) is 5.09. The molecule has 1 aromatic rings. The molecule has 1 saturated heterocycles. The molecule has 2 heterocycles. The summed E-state index contributed by atoms with van der Waals surface area (Å²) in [7, 11) is 0. The Hall–Kier alpha value is -1.13. The number of anilines is 1. The number of piperazine rings is 1. The maximum absolute atomic E-state index is 5.98. The van der Waals surface area contributed by atoms with Gasteiger partial charge in [-0.1, -0.05) is 6.07 Å². The molecule has 2 fully saturated rings. The van der Waals surface area contributed by atoms with Crippen molar-refractivity contribution >= 4 is 5.82 Å². The second kappa shape index (κ2) is 7.23. The van der Waals surface area contributed by atoms with Gasteiger partial charge in [-0.3, -0.25) is 4.90 Å². The molecule has 4 heteroatoms. The summed E-state index contributed by atoms with van der Waals surface area (Å²) in [5.74, 6) is 2.04. The Balaban J connectivity index is 1.38. The van der Waals surface area contributed by atoms with Crippen molar-refractivity contribution < 1.29 is 0 Å². The first-order chi connectivity index (χ1) is 10.3. The normalized spacial score (nSPS) is 27.8. The van der Waals surface area contributed by atoms with Crippen LogP contribution >= 0.6 is 0 Å². The minimum absolute atomic E-state index is 0.475. The summed E-state index contributed by atoms with van der Waals surface area (Å²) in [6.45, 7) is 5.81. The highest BCUT2D eigenvalue weighted by molar-refractivity contribution is 5.38. The third kappa shape index (κ3) is 4.17. The van der Waals surface area contributed by atoms with E-state index >= 15 is 0 Å². The van der Waals surface area contributed by atoms with Crippen LogP contribution in [0.1, 0.15) is 32.1 Å². The van der Waals surface area contributed by atoms with Gasteiger partial charge in [0.15, 0.2) is 0 Å². The second-order valence-corrected chi connectivity index (χ2v) is 6.59. The molecule has 4 nitrogen and oxygen atoms in total. The van der Waals surface area contributed by atoms with Crippen LogP contribution in [-0.2, 0) is 0 Å². The molecule has 1 aromatic heterocycles. The van der Waals surface area contributed by atoms with E-state index in [1.54, 1.807) is 0 Å². The Kier molecular flexibility index (Phi) is 5.09. The number of nitrogens with two attached hydrogens (primary N) is 1. The molecular weight excluding hydrogens is 260 g/mol. The lowest BCUT2D eigenvalue weighted by molar-refractivity contribution is 0.216. The lowest BCUT2D eigenvalue weighted by Crippen LogP contribution is -2.47. The van der Waals surface area contributed by atoms with Crippen LogP contribution in [0.2, 0.25) is 0 Å². The average molecular weight is 288 g/mol. The molecule has 0 amide bonds. The number of hydrogen-bond acceptors (Lipinski definition) is 4. The first-order valence-electron chi connectivity index (χ1n) is 8.45. The highest BCUT2D eigenvalue weighted by Crippen LogP contribution is 2.26. The summed E-state index contributed by atoms with van der Waals surface area (Å²) >= 11 is 0. The number of rotatable bonds is 4. The van der Waals surface area contributed by atoms with Gasteiger partial charge in [-0.05, 0) is 56.7 Å². The summed E-state index contributed by atoms with van der Waals surface area (Å²) in [5, 5.41) is 0. The van der Waals surface area contributed by atoms with Gasteiger partial charge in [-0.25, -0.2) is 4.98 Å². The van der Waals surface area contributed by atoms with E-state index in [0.717, 1.165) is 24.8 Å². The number of nitrogens with zero attached hydrogens (tertiary/aromatic N) is 3. The van der Waals surface area contributed by atoms with Gasteiger partial charge in [0.2, 0.25) is 0 Å². The molecule has 1 aliphatic heterocycles. The van der Waals surface area contributed by atoms with Crippen LogP contribution in [0, 0.1) is 5.92 Å². The maximum Gasteiger partial charge on any atom is 0.128 e. The van der Waals surface area contributed by atoms with E-state index in [9.17, 15) is 0 Å². The summed E-state index contributed by atoms with van der Waals surface area (Å²) in [5.41, 5.74) is 5.98. The van der Waals surface area contributed by atoms with E-state index in [4.69, 9.17) is 5.73 Å². The van der Waals surface area contributed by atoms with Gasteiger partial charge >= 0.3 is 0 Å². The summed E-state index contributed by atoms with van der Waals surface area (Å²) in [6, 6.07) is 6.64. The van der Waals surface area contributed by atoms with Crippen molar-refractivity contribution in [2.24, 2.45) is 11.7 Å². The molecule has 1 saturated carbocycles. The second-order valence-electron chi connectivity index (χ2n) is 6.59. The summed E-state index contributed by atoms with van der Waals surface area (Å²) in [4.78, 5) is 9.47. The molecule has 0 atom stereocenters. The van der Waals surface area contributed by atoms with Crippen LogP contribution in [0.4, 0.5) is 5.82 Å². The van der Waals surface area contributed by atoms with E-state index in [1.807, 2.05) is 12.3 Å². The molecular formula is C17H28N4. The van der Waals surface area contributed by atoms with Crippen molar-refractivity contribution in [2.75, 3.05) is 37.6 Å². The molecule has 116 valence electrons. The molecule has 3 rings (SSSR count). The van der Waals surface area contributed by atoms with Crippen LogP contribution in [0.3, 0.4) is 0 Å². The van der Waals surface area contributed by atoms with Gasteiger partial charge < -0.3 is 10.6 Å². The molecule has 2 N–H and O–H groups in total. The van der Waals surface area contributed by atoms with Gasteiger partial charge in [-0.2, -0.15) is 0 Å². The highest BCUT2D eigenvalue weighted by Gasteiger charge is 2.21. The molecule has 2 aliphatic rings. The highest BCUT2D eigenvalue weighted by atomic mass is 15.3. The molecule has 0 bridgehead atoms. The topological polar surface area (TPSA) is 45.4 Å². The Morgan fingerprint density at radius 2 is 1.81 bits per heavy atom. The van der Waals surface area contributed by atoms with E-state index in [0.29, 0.717) is 6.04 Å². The third-order valence-corrected chi connectivity index (χ3v) is 5.09. The van der Waals surface area contributed by atoms with E-state index in [-0.39, 0.29) is 0 Å². The minimum atomic E-state index is 0.475. The van der Waals surface area contributed by atoms with E-state index in [2.05, 4.69) is 26.9 Å². The van der Waals surface area contributed by atoms with Crippen LogP contribution < -0.4 is 10.6 Å². The monoisotopic (exact) mass is 288 g/mol. The number of aromatic nitrogens is 1. The standard InChI is InChI=1S/C17H28N4/c18-16-6-4-15(5-7-16)8-10-20-11-13-21(14-12-20)17-3-1-2-9-19-17/h1-3,9,15-16H,4-8,10-14,18H2. The molecule has 1 aliphatic carbocycles. The zero-order valence-electron chi connectivity index (χ0n) is 13.0. The van der Waals surface area contributed by atoms with Crippen LogP contribution in [-0.4, -0.2) is 48.6 Å². The lowest BCUT2D eigenvalue weighted by atomic mass is 9.84. The van der Waals surface area contributed by atoms with Crippen molar-refractivity contribution in [1.29, 1.82) is 0 Å². The van der Waals surface area contributed by atoms with Crippen molar-refractivity contribution in [3.63, 3.8) is 0 Å². The van der Waals surface area contributed by atoms with Crippen molar-refractivity contribution in [3.8, 4) is 0 Å². The Morgan fingerprint density at radius 3 is 2.48 bits per heavy atom. The number of hydrogen-bond donors (Lipinski definition) is 1. The minimum Gasteiger partial charge on any atom is -0.354 e. The fourth-order valence-corrected chi connectivity index (χ4v) is 3.58. The van der Waals surface area contributed by atoms with E-state index < -0.39 is 0 Å². The molecule has 0 spiro atoms. The van der Waals surface area contributed by atoms with Gasteiger partial charge in [0, 0.05) is 38.4 Å². The average Bonchev–Trinajstić information content (AvgIpc) is 2.56. The van der Waals surface area contributed by atoms with Crippen LogP contribution in [0.5, 0.6) is 0 Å².